The molecule has 0 spiro atoms. The SMILES string of the molecule is CCCCCCC(C)NC(=O)[C@@H](CCCNc1ccc[nH]1)C(=O)c1ccc(CNCc2ccccn2)cc1. The monoisotopic (exact) mass is 517 g/mol. The highest BCUT2D eigenvalue weighted by Crippen LogP contribution is 2.18. The number of aromatic amines is 1. The molecule has 204 valence electrons. The summed E-state index contributed by atoms with van der Waals surface area (Å²) in [4.78, 5) is 34.2. The van der Waals surface area contributed by atoms with E-state index in [9.17, 15) is 9.59 Å². The Morgan fingerprint density at radius 3 is 2.47 bits per heavy atom. The first-order chi connectivity index (χ1) is 18.6. The van der Waals surface area contributed by atoms with Crippen molar-refractivity contribution in [3.8, 4) is 0 Å². The second-order valence-electron chi connectivity index (χ2n) is 9.95. The second kappa shape index (κ2) is 16.4. The first kappa shape index (κ1) is 29.1. The Hall–Kier alpha value is -3.45. The molecule has 1 amide bonds. The minimum atomic E-state index is -0.702. The number of amides is 1. The maximum Gasteiger partial charge on any atom is 0.231 e. The van der Waals surface area contributed by atoms with Gasteiger partial charge in [0.25, 0.3) is 0 Å². The molecule has 3 rings (SSSR count). The normalized spacial score (nSPS) is 12.6. The number of rotatable bonds is 18. The van der Waals surface area contributed by atoms with E-state index in [0.29, 0.717) is 38.0 Å². The Labute approximate surface area is 227 Å². The molecule has 1 aromatic carbocycles. The van der Waals surface area contributed by atoms with Crippen molar-refractivity contribution < 1.29 is 9.59 Å². The van der Waals surface area contributed by atoms with Crippen molar-refractivity contribution >= 4 is 17.5 Å². The molecule has 0 aliphatic carbocycles. The summed E-state index contributed by atoms with van der Waals surface area (Å²) in [5, 5.41) is 9.80. The van der Waals surface area contributed by atoms with Crippen LogP contribution in [-0.4, -0.2) is 34.2 Å². The number of hydrogen-bond donors (Lipinski definition) is 4. The number of nitrogens with one attached hydrogen (secondary N) is 4. The van der Waals surface area contributed by atoms with Crippen molar-refractivity contribution in [3.63, 3.8) is 0 Å². The predicted octanol–water partition coefficient (Wildman–Crippen LogP) is 5.87. The fourth-order valence-corrected chi connectivity index (χ4v) is 4.47. The lowest BCUT2D eigenvalue weighted by molar-refractivity contribution is -0.124. The van der Waals surface area contributed by atoms with Gasteiger partial charge in [-0.15, -0.1) is 0 Å². The number of ketones is 1. The molecule has 0 saturated carbocycles. The number of carbonyl (C=O) groups excluding carboxylic acids is 2. The highest BCUT2D eigenvalue weighted by Gasteiger charge is 2.28. The Bertz CT molecular complexity index is 1070. The second-order valence-corrected chi connectivity index (χ2v) is 9.95. The summed E-state index contributed by atoms with van der Waals surface area (Å²) in [5.74, 6) is -0.0514. The number of anilines is 1. The van der Waals surface area contributed by atoms with E-state index in [4.69, 9.17) is 0 Å². The molecule has 2 atom stereocenters. The third-order valence-corrected chi connectivity index (χ3v) is 6.70. The van der Waals surface area contributed by atoms with Gasteiger partial charge in [-0.25, -0.2) is 0 Å². The molecule has 1 unspecified atom stereocenters. The van der Waals surface area contributed by atoms with E-state index >= 15 is 0 Å². The fraction of sp³-hybridized carbons (Fsp3) is 0.452. The number of unbranched alkanes of at least 4 members (excludes halogenated alkanes) is 3. The van der Waals surface area contributed by atoms with Gasteiger partial charge in [-0.2, -0.15) is 0 Å². The topological polar surface area (TPSA) is 98.9 Å². The maximum absolute atomic E-state index is 13.5. The van der Waals surface area contributed by atoms with E-state index in [0.717, 1.165) is 29.9 Å². The number of Topliss-reactive ketones (excluding diaryl/α,β-unsaturated/α-hetero) is 1. The molecule has 0 bridgehead atoms. The van der Waals surface area contributed by atoms with Gasteiger partial charge in [-0.3, -0.25) is 14.6 Å². The van der Waals surface area contributed by atoms with Gasteiger partial charge in [0.15, 0.2) is 5.78 Å². The quantitative estimate of drug-likeness (QED) is 0.0961. The molecule has 3 aromatic rings. The van der Waals surface area contributed by atoms with Crippen molar-refractivity contribution in [2.24, 2.45) is 5.92 Å². The van der Waals surface area contributed by atoms with Gasteiger partial charge < -0.3 is 20.9 Å². The van der Waals surface area contributed by atoms with Crippen LogP contribution in [0.2, 0.25) is 0 Å². The summed E-state index contributed by atoms with van der Waals surface area (Å²) in [7, 11) is 0. The van der Waals surface area contributed by atoms with Gasteiger partial charge in [-0.05, 0) is 56.0 Å². The van der Waals surface area contributed by atoms with Crippen LogP contribution in [0.5, 0.6) is 0 Å². The molecule has 0 aliphatic rings. The Morgan fingerprint density at radius 2 is 1.76 bits per heavy atom. The van der Waals surface area contributed by atoms with Crippen LogP contribution >= 0.6 is 0 Å². The maximum atomic E-state index is 13.5. The van der Waals surface area contributed by atoms with Crippen LogP contribution in [0.3, 0.4) is 0 Å². The van der Waals surface area contributed by atoms with E-state index in [1.165, 1.54) is 19.3 Å². The molecule has 0 fully saturated rings. The van der Waals surface area contributed by atoms with E-state index in [1.807, 2.05) is 67.7 Å². The molecule has 7 heteroatoms. The zero-order chi connectivity index (χ0) is 27.0. The van der Waals surface area contributed by atoms with Crippen molar-refractivity contribution in [1.29, 1.82) is 0 Å². The molecule has 0 radical (unpaired) electrons. The summed E-state index contributed by atoms with van der Waals surface area (Å²) in [6.45, 7) is 6.26. The summed E-state index contributed by atoms with van der Waals surface area (Å²) in [5.41, 5.74) is 2.64. The average Bonchev–Trinajstić information content (AvgIpc) is 3.45. The minimum Gasteiger partial charge on any atom is -0.372 e. The molecule has 38 heavy (non-hydrogen) atoms. The number of hydrogen-bond acceptors (Lipinski definition) is 5. The summed E-state index contributed by atoms with van der Waals surface area (Å²) in [6, 6.07) is 17.4. The lowest BCUT2D eigenvalue weighted by atomic mass is 9.91. The van der Waals surface area contributed by atoms with E-state index in [-0.39, 0.29) is 17.7 Å². The van der Waals surface area contributed by atoms with Crippen LogP contribution in [0.25, 0.3) is 0 Å². The Kier molecular flexibility index (Phi) is 12.6. The van der Waals surface area contributed by atoms with Crippen LogP contribution in [0.15, 0.2) is 67.0 Å². The fourth-order valence-electron chi connectivity index (χ4n) is 4.47. The standard InChI is InChI=1S/C31H43N5O2/c1-3-4-5-6-11-24(2)36-31(38)28(13-9-20-34-29-14-10-21-35-29)30(37)26-17-15-25(16-18-26)22-32-23-27-12-7-8-19-33-27/h7-8,10,12,14-19,21,24,28,32,34-35H,3-6,9,11,13,20,22-23H2,1-2H3,(H,36,38)/t24?,28-/m0/s1. The summed E-state index contributed by atoms with van der Waals surface area (Å²) in [6.07, 6.45) is 10.4. The predicted molar refractivity (Wildman–Crippen MR) is 154 cm³/mol. The zero-order valence-corrected chi connectivity index (χ0v) is 22.8. The highest BCUT2D eigenvalue weighted by molar-refractivity contribution is 6.10. The van der Waals surface area contributed by atoms with Gasteiger partial charge in [-0.1, -0.05) is 62.9 Å². The number of H-pyrrole nitrogens is 1. The molecular formula is C31H43N5O2. The first-order valence-corrected chi connectivity index (χ1v) is 14.0. The van der Waals surface area contributed by atoms with Crippen molar-refractivity contribution in [3.05, 3.63) is 83.8 Å². The van der Waals surface area contributed by atoms with Crippen molar-refractivity contribution in [2.75, 3.05) is 11.9 Å². The molecule has 0 aliphatic heterocycles. The van der Waals surface area contributed by atoms with E-state index in [2.05, 4.69) is 32.8 Å². The number of nitrogens with zero attached hydrogens (tertiary/aromatic N) is 1. The van der Waals surface area contributed by atoms with Crippen LogP contribution in [0.1, 0.15) is 80.4 Å². The van der Waals surface area contributed by atoms with Gasteiger partial charge in [0.1, 0.15) is 11.7 Å². The number of pyridine rings is 1. The van der Waals surface area contributed by atoms with Gasteiger partial charge in [0, 0.05) is 43.6 Å². The van der Waals surface area contributed by atoms with Gasteiger partial charge in [0.2, 0.25) is 5.91 Å². The zero-order valence-electron chi connectivity index (χ0n) is 22.8. The van der Waals surface area contributed by atoms with Crippen LogP contribution in [0, 0.1) is 5.92 Å². The smallest absolute Gasteiger partial charge is 0.231 e. The lowest BCUT2D eigenvalue weighted by Gasteiger charge is -2.20. The number of benzene rings is 1. The van der Waals surface area contributed by atoms with Gasteiger partial charge in [0.05, 0.1) is 5.69 Å². The van der Waals surface area contributed by atoms with Crippen LogP contribution in [-0.2, 0) is 17.9 Å². The highest BCUT2D eigenvalue weighted by atomic mass is 16.2. The molecule has 2 heterocycles. The van der Waals surface area contributed by atoms with Crippen molar-refractivity contribution in [1.82, 2.24) is 20.6 Å². The molecule has 2 aromatic heterocycles. The first-order valence-electron chi connectivity index (χ1n) is 14.0. The van der Waals surface area contributed by atoms with Crippen molar-refractivity contribution in [2.45, 2.75) is 77.9 Å². The minimum absolute atomic E-state index is 0.0549. The molecular weight excluding hydrogens is 474 g/mol. The number of carbonyl (C=O) groups is 2. The average molecular weight is 518 g/mol. The van der Waals surface area contributed by atoms with Crippen LogP contribution < -0.4 is 16.0 Å². The molecule has 7 nitrogen and oxygen atoms in total. The van der Waals surface area contributed by atoms with Gasteiger partial charge >= 0.3 is 0 Å². The van der Waals surface area contributed by atoms with E-state index in [1.54, 1.807) is 6.20 Å². The Balaban J connectivity index is 1.56. The Morgan fingerprint density at radius 1 is 0.921 bits per heavy atom. The largest absolute Gasteiger partial charge is 0.372 e. The third-order valence-electron chi connectivity index (χ3n) is 6.70. The summed E-state index contributed by atoms with van der Waals surface area (Å²) >= 11 is 0. The van der Waals surface area contributed by atoms with E-state index < -0.39 is 5.92 Å². The summed E-state index contributed by atoms with van der Waals surface area (Å²) < 4.78 is 0. The van der Waals surface area contributed by atoms with Crippen LogP contribution in [0.4, 0.5) is 5.82 Å². The number of aromatic nitrogens is 2. The third kappa shape index (κ3) is 10.1. The molecule has 0 saturated heterocycles. The lowest BCUT2D eigenvalue weighted by Crippen LogP contribution is -2.40. The molecule has 4 N–H and O–H groups in total.